The maximum atomic E-state index is 12.7. The van der Waals surface area contributed by atoms with E-state index in [1.54, 1.807) is 0 Å². The van der Waals surface area contributed by atoms with Crippen molar-refractivity contribution in [2.75, 3.05) is 31.2 Å². The highest BCUT2D eigenvalue weighted by Gasteiger charge is 2.23. The Labute approximate surface area is 240 Å². The maximum absolute atomic E-state index is 12.7. The molecule has 0 saturated heterocycles. The summed E-state index contributed by atoms with van der Waals surface area (Å²) in [6.07, 6.45) is 0.119. The Kier molecular flexibility index (Phi) is 11.4. The van der Waals surface area contributed by atoms with Gasteiger partial charge in [0.05, 0.1) is 30.3 Å². The minimum absolute atomic E-state index is 0.389. The van der Waals surface area contributed by atoms with E-state index in [0.29, 0.717) is 52.0 Å². The van der Waals surface area contributed by atoms with Crippen LogP contribution in [0.3, 0.4) is 0 Å². The molecule has 3 aromatic rings. The van der Waals surface area contributed by atoms with Gasteiger partial charge in [-0.1, -0.05) is 36.4 Å². The molecule has 3 unspecified atom stereocenters. The lowest BCUT2D eigenvalue weighted by Gasteiger charge is -2.32. The summed E-state index contributed by atoms with van der Waals surface area (Å²) >= 11 is 0. The number of nitrogens with zero attached hydrogens (tertiary/aromatic N) is 1. The van der Waals surface area contributed by atoms with Crippen LogP contribution in [0.15, 0.2) is 72.8 Å². The van der Waals surface area contributed by atoms with Gasteiger partial charge in [-0.2, -0.15) is 0 Å². The molecule has 5 N–H and O–H groups in total. The molecule has 0 saturated carbocycles. The summed E-state index contributed by atoms with van der Waals surface area (Å²) in [6.45, 7) is 3.89. The molecule has 1 aliphatic heterocycles. The molecule has 3 atom stereocenters. The standard InChI is InChI=1S/C31H38N3O7/c1-2-38-29(31(37)41-33-18-8-7-9-24(32)30(35)36)21-22-14-16-23(17-15-22)39-20-19-34-25-10-3-5-12-27(25)40-28-13-6-4-11-26(28)34/h3-6,10-17,24,29,31,33H,2,7-9,18-21,32H2,1H3,(H,35,36)/q-1/p+1. The molecule has 10 heteroatoms. The second kappa shape index (κ2) is 15.4. The first-order valence-electron chi connectivity index (χ1n) is 14.0. The SMILES string of the molecule is CCOC(Cc1ccc(OCCN2c3ccccc3Oc3ccccc32)cc1)C([O-])O[NH2+]CCCCC(N)C(=O)O. The summed E-state index contributed by atoms with van der Waals surface area (Å²) in [5.41, 5.74) is 9.93. The summed E-state index contributed by atoms with van der Waals surface area (Å²) in [5.74, 6) is 1.37. The van der Waals surface area contributed by atoms with Crippen molar-refractivity contribution in [3.05, 3.63) is 78.4 Å². The molecule has 41 heavy (non-hydrogen) atoms. The molecule has 3 aromatic carbocycles. The summed E-state index contributed by atoms with van der Waals surface area (Å²) in [6, 6.07) is 22.7. The average Bonchev–Trinajstić information content (AvgIpc) is 2.98. The van der Waals surface area contributed by atoms with Gasteiger partial charge in [-0.25, -0.2) is 10.3 Å². The number of unbranched alkanes of at least 4 members (excludes halogenated alkanes) is 1. The van der Waals surface area contributed by atoms with Crippen molar-refractivity contribution in [3.8, 4) is 17.2 Å². The van der Waals surface area contributed by atoms with E-state index in [0.717, 1.165) is 34.2 Å². The number of para-hydroxylation sites is 4. The van der Waals surface area contributed by atoms with Gasteiger partial charge in [0.2, 0.25) is 0 Å². The number of rotatable bonds is 17. The summed E-state index contributed by atoms with van der Waals surface area (Å²) in [7, 11) is 0. The largest absolute Gasteiger partial charge is 0.825 e. The van der Waals surface area contributed by atoms with Crippen LogP contribution in [0.5, 0.6) is 17.2 Å². The fraction of sp³-hybridized carbons (Fsp3) is 0.387. The number of carboxylic acids is 1. The predicted octanol–water partition coefficient (Wildman–Crippen LogP) is 2.72. The van der Waals surface area contributed by atoms with Crippen LogP contribution in [0.4, 0.5) is 11.4 Å². The number of carboxylic acid groups (broad SMARTS) is 1. The topological polar surface area (TPSA) is 143 Å². The van der Waals surface area contributed by atoms with Crippen LogP contribution in [-0.4, -0.2) is 55.8 Å². The molecular weight excluding hydrogens is 526 g/mol. The zero-order valence-electron chi connectivity index (χ0n) is 23.3. The monoisotopic (exact) mass is 565 g/mol. The highest BCUT2D eigenvalue weighted by Crippen LogP contribution is 2.45. The van der Waals surface area contributed by atoms with E-state index >= 15 is 0 Å². The summed E-state index contributed by atoms with van der Waals surface area (Å²) in [4.78, 5) is 18.3. The molecule has 10 nitrogen and oxygen atoms in total. The minimum Gasteiger partial charge on any atom is -0.825 e. The lowest BCUT2D eigenvalue weighted by Crippen LogP contribution is -2.86. The number of hydroxylamine groups is 1. The molecule has 0 spiro atoms. The number of hydrogen-bond acceptors (Lipinski definition) is 8. The first-order valence-corrected chi connectivity index (χ1v) is 14.0. The van der Waals surface area contributed by atoms with E-state index in [1.165, 1.54) is 5.48 Å². The average molecular weight is 566 g/mol. The third-order valence-electron chi connectivity index (χ3n) is 6.79. The molecular formula is C31H39N3O7. The van der Waals surface area contributed by atoms with Crippen molar-refractivity contribution in [1.29, 1.82) is 0 Å². The van der Waals surface area contributed by atoms with E-state index in [4.69, 9.17) is 29.9 Å². The molecule has 0 radical (unpaired) electrons. The lowest BCUT2D eigenvalue weighted by molar-refractivity contribution is -0.933. The molecule has 0 aliphatic carbocycles. The number of quaternary nitrogens is 1. The molecule has 0 amide bonds. The Hall–Kier alpha value is -3.67. The third kappa shape index (κ3) is 8.66. The lowest BCUT2D eigenvalue weighted by atomic mass is 10.1. The van der Waals surface area contributed by atoms with E-state index < -0.39 is 24.4 Å². The van der Waals surface area contributed by atoms with Crippen LogP contribution in [0.1, 0.15) is 31.7 Å². The molecule has 1 heterocycles. The molecule has 220 valence electrons. The molecule has 0 fully saturated rings. The quantitative estimate of drug-likeness (QED) is 0.128. The van der Waals surface area contributed by atoms with Crippen molar-refractivity contribution >= 4 is 17.3 Å². The van der Waals surface area contributed by atoms with Crippen LogP contribution in [0, 0.1) is 0 Å². The van der Waals surface area contributed by atoms with Crippen molar-refractivity contribution in [2.45, 2.75) is 51.0 Å². The number of aliphatic carboxylic acids is 1. The Morgan fingerprint density at radius 2 is 1.68 bits per heavy atom. The van der Waals surface area contributed by atoms with Crippen molar-refractivity contribution in [1.82, 2.24) is 0 Å². The zero-order chi connectivity index (χ0) is 29.0. The number of fused-ring (bicyclic) bond motifs is 2. The first-order chi connectivity index (χ1) is 20.0. The second-order valence-electron chi connectivity index (χ2n) is 9.78. The van der Waals surface area contributed by atoms with Crippen LogP contribution < -0.4 is 30.7 Å². The van der Waals surface area contributed by atoms with Crippen LogP contribution in [0.25, 0.3) is 0 Å². The summed E-state index contributed by atoms with van der Waals surface area (Å²) < 4.78 is 17.8. The smallest absolute Gasteiger partial charge is 0.320 e. The number of ether oxygens (including phenoxy) is 3. The van der Waals surface area contributed by atoms with Crippen molar-refractivity contribution < 1.29 is 39.5 Å². The maximum Gasteiger partial charge on any atom is 0.320 e. The van der Waals surface area contributed by atoms with Crippen LogP contribution >= 0.6 is 0 Å². The van der Waals surface area contributed by atoms with E-state index in [-0.39, 0.29) is 0 Å². The van der Waals surface area contributed by atoms with Gasteiger partial charge in [0.15, 0.2) is 11.5 Å². The Balaban J connectivity index is 1.23. The zero-order valence-corrected chi connectivity index (χ0v) is 23.3. The number of benzene rings is 3. The van der Waals surface area contributed by atoms with E-state index in [2.05, 4.69) is 4.90 Å². The number of carbonyl (C=O) groups is 1. The van der Waals surface area contributed by atoms with Gasteiger partial charge in [-0.3, -0.25) is 4.79 Å². The van der Waals surface area contributed by atoms with Crippen molar-refractivity contribution in [2.24, 2.45) is 5.73 Å². The van der Waals surface area contributed by atoms with E-state index in [9.17, 15) is 9.90 Å². The van der Waals surface area contributed by atoms with Crippen molar-refractivity contribution in [3.63, 3.8) is 0 Å². The number of anilines is 2. The van der Waals surface area contributed by atoms with Gasteiger partial charge in [-0.15, -0.1) is 0 Å². The normalized spacial score (nSPS) is 14.4. The summed E-state index contributed by atoms with van der Waals surface area (Å²) in [5, 5.41) is 21.5. The molecule has 1 aliphatic rings. The van der Waals surface area contributed by atoms with E-state index in [1.807, 2.05) is 79.7 Å². The van der Waals surface area contributed by atoms with Gasteiger partial charge in [-0.05, 0) is 68.1 Å². The Morgan fingerprint density at radius 1 is 1.02 bits per heavy atom. The fourth-order valence-electron chi connectivity index (χ4n) is 4.64. The van der Waals surface area contributed by atoms with Crippen LogP contribution in [-0.2, 0) is 20.8 Å². The van der Waals surface area contributed by atoms with Gasteiger partial charge in [0.1, 0.15) is 24.9 Å². The Bertz CT molecular complexity index is 1190. The predicted molar refractivity (Wildman–Crippen MR) is 152 cm³/mol. The van der Waals surface area contributed by atoms with Gasteiger partial charge in [0.25, 0.3) is 0 Å². The minimum atomic E-state index is -1.37. The van der Waals surface area contributed by atoms with Gasteiger partial charge < -0.3 is 35.1 Å². The van der Waals surface area contributed by atoms with Gasteiger partial charge in [0, 0.05) is 13.0 Å². The number of hydrogen-bond donors (Lipinski definition) is 3. The highest BCUT2D eigenvalue weighted by molar-refractivity contribution is 5.77. The molecule has 0 bridgehead atoms. The first kappa shape index (κ1) is 30.3. The second-order valence-corrected chi connectivity index (χ2v) is 9.78. The highest BCUT2D eigenvalue weighted by atomic mass is 16.7. The molecule has 0 aromatic heterocycles. The van der Waals surface area contributed by atoms with Crippen LogP contribution in [0.2, 0.25) is 0 Å². The third-order valence-corrected chi connectivity index (χ3v) is 6.79. The molecule has 4 rings (SSSR count). The fourth-order valence-corrected chi connectivity index (χ4v) is 4.64. The Morgan fingerprint density at radius 3 is 2.32 bits per heavy atom. The number of nitrogens with two attached hydrogens (primary N) is 2. The van der Waals surface area contributed by atoms with Gasteiger partial charge >= 0.3 is 5.97 Å².